The maximum atomic E-state index is 15.8. The zero-order valence-electron chi connectivity index (χ0n) is 83.6. The molecule has 4 unspecified atom stereocenters. The number of anilines is 5. The molecule has 37 nitrogen and oxygen atoms in total. The van der Waals surface area contributed by atoms with Gasteiger partial charge in [0, 0.05) is 212 Å². The van der Waals surface area contributed by atoms with E-state index in [0.717, 1.165) is 50.4 Å². The standard InChI is InChI=1S/C108H104N15O22P3S/c1-15-122-83-52-87-80(50-77(83)61(3)54-107(122,5)6)92(81-51-78-62(4)55-108(7,8)123(16-2)84(78)53-88(81)142-87)93-94(106(131)132)95(118-42-35-68(36-43-118)115(9)10)97(120-46-39-70(40-47-120)117(13)14)99(96(93)119-44-37-69(38-45-119)116(11)12)149-73-28-23-65(24-29-73)102(126)111-56-63-19-21-64(22-20-63)103(127)112-57-82-85(125)33-32-76-91(75-31-26-71(124)49-86(75)143-98(76)82)79-48-66(25-30-74(79)105(129)130)104(128)110-41-17-18-67-58-121(101-90(67)100(109)113-60-114-101)89-34-27-72(141-89)59-140-147(136,137)145-148(138,139)144-146(133,134)135/h19-26,28-33,35-40,42-55,58,60,72,89H,15-16,27,34,41,56-57,59H2,1-14H3,(H8-4,109,110,111,112,113,114,124,125,126,127,128,129,130,131,132,133,134,135,136,137,138,139)/p+4. The minimum Gasteiger partial charge on any atom is -0.508 e. The van der Waals surface area contributed by atoms with Gasteiger partial charge in [-0.1, -0.05) is 41.8 Å². The molecule has 1 saturated heterocycles. The number of carbonyl (C=O) groups is 5. The van der Waals surface area contributed by atoms with Crippen molar-refractivity contribution in [3.05, 3.63) is 307 Å². The fourth-order valence-corrected chi connectivity index (χ4v) is 24.1. The summed E-state index contributed by atoms with van der Waals surface area (Å²) in [5.41, 5.74) is 17.5. The first-order valence-electron chi connectivity index (χ1n) is 47.5. The van der Waals surface area contributed by atoms with Crippen LogP contribution in [0.25, 0.3) is 78.2 Å². The van der Waals surface area contributed by atoms with Gasteiger partial charge in [0.05, 0.1) is 65.0 Å². The van der Waals surface area contributed by atoms with Gasteiger partial charge < -0.3 is 94.6 Å². The number of amides is 3. The Labute approximate surface area is 859 Å². The maximum absolute atomic E-state index is 15.8. The first-order valence-corrected chi connectivity index (χ1v) is 52.8. The summed E-state index contributed by atoms with van der Waals surface area (Å²) in [6.07, 6.45) is 17.6. The minimum absolute atomic E-state index is 0.000822. The average Bonchev–Trinajstić information content (AvgIpc) is 0.868. The number of carboxylic acid groups (broad SMARTS) is 2. The van der Waals surface area contributed by atoms with Gasteiger partial charge in [0.15, 0.2) is 58.6 Å². The minimum atomic E-state index is -5.78. The molecule has 7 aromatic carbocycles. The number of nitrogens with one attached hydrogen (secondary N) is 3. The van der Waals surface area contributed by atoms with E-state index in [-0.39, 0.29) is 121 Å². The number of aromatic carboxylic acids is 2. The Hall–Kier alpha value is -15.3. The number of carbonyl (C=O) groups excluding carboxylic acids is 3. The summed E-state index contributed by atoms with van der Waals surface area (Å²) in [6.45, 7) is 17.4. The van der Waals surface area contributed by atoms with Gasteiger partial charge in [-0.3, -0.25) is 23.7 Å². The maximum Gasteiger partial charge on any atom is 0.490 e. The predicted octanol–water partition coefficient (Wildman–Crippen LogP) is 13.9. The monoisotopic (exact) mass is 2090 g/mol. The van der Waals surface area contributed by atoms with Crippen LogP contribution >= 0.6 is 35.2 Å². The molecule has 1 aliphatic carbocycles. The number of benzene rings is 8. The number of phosphoric acid groups is 3. The summed E-state index contributed by atoms with van der Waals surface area (Å²) in [6, 6.07) is 44.9. The highest BCUT2D eigenvalue weighted by molar-refractivity contribution is 7.99. The van der Waals surface area contributed by atoms with Gasteiger partial charge in [0.25, 0.3) is 23.4 Å². The highest BCUT2D eigenvalue weighted by Crippen LogP contribution is 2.67. The number of aromatic hydroxyl groups is 1. The number of allylic oxidation sites excluding steroid dienone is 2. The number of nitrogens with zero attached hydrogens (tertiary/aromatic N) is 11. The predicted molar refractivity (Wildman–Crippen MR) is 562 cm³/mol. The van der Waals surface area contributed by atoms with E-state index in [9.17, 15) is 62.8 Å². The number of rotatable bonds is 30. The second-order valence-electron chi connectivity index (χ2n) is 38.1. The molecule has 764 valence electrons. The number of phosphoric ester groups is 1. The molecule has 0 bridgehead atoms. The second kappa shape index (κ2) is 40.7. The molecular formula is C108H108N15O22P3S+4. The molecule has 12 aromatic rings. The number of likely N-dealkylation sites (N-methyl/N-ethyl adjacent to an activating group) is 2. The van der Waals surface area contributed by atoms with Crippen molar-refractivity contribution in [2.24, 2.45) is 0 Å². The fraction of sp³-hybridized carbons (Fsp3) is 0.241. The normalized spacial score (nSPS) is 15.7. The highest BCUT2D eigenvalue weighted by Gasteiger charge is 2.48. The van der Waals surface area contributed by atoms with Crippen LogP contribution in [0, 0.1) is 11.8 Å². The molecule has 41 heteroatoms. The Bertz CT molecular complexity index is 8350. The summed E-state index contributed by atoms with van der Waals surface area (Å²) in [5, 5.41) is 45.4. The van der Waals surface area contributed by atoms with Crippen LogP contribution in [-0.2, 0) is 44.7 Å². The number of carboxylic acids is 2. The van der Waals surface area contributed by atoms with Gasteiger partial charge in [-0.2, -0.15) is 22.3 Å². The second-order valence-corrected chi connectivity index (χ2v) is 43.6. The molecule has 10 heterocycles. The number of nitrogens with two attached hydrogens (primary N) is 1. The first kappa shape index (κ1) is 104. The van der Waals surface area contributed by atoms with Crippen LogP contribution in [0.15, 0.2) is 239 Å². The zero-order chi connectivity index (χ0) is 106. The number of hydrogen-bond donors (Lipinski definition) is 11. The van der Waals surface area contributed by atoms with Gasteiger partial charge in [0.2, 0.25) is 11.0 Å². The number of phenols is 1. The number of ether oxygens (including phenoxy) is 2. The van der Waals surface area contributed by atoms with E-state index in [1.807, 2.05) is 156 Å². The average molecular weight is 2090 g/mol. The van der Waals surface area contributed by atoms with Crippen LogP contribution in [0.1, 0.15) is 165 Å². The van der Waals surface area contributed by atoms with Crippen molar-refractivity contribution >= 4 is 132 Å². The van der Waals surface area contributed by atoms with Gasteiger partial charge in [-0.25, -0.2) is 37.8 Å². The molecule has 149 heavy (non-hydrogen) atoms. The van der Waals surface area contributed by atoms with E-state index < -0.39 is 84.0 Å². The summed E-state index contributed by atoms with van der Waals surface area (Å²) < 4.78 is 77.6. The lowest BCUT2D eigenvalue weighted by atomic mass is 9.82. The summed E-state index contributed by atoms with van der Waals surface area (Å²) >= 11 is 1.42. The Morgan fingerprint density at radius 2 is 1.23 bits per heavy atom. The smallest absolute Gasteiger partial charge is 0.490 e. The summed E-state index contributed by atoms with van der Waals surface area (Å²) in [4.78, 5) is 142. The molecule has 12 N–H and O–H groups in total. The lowest BCUT2D eigenvalue weighted by molar-refractivity contribution is -0.637. The van der Waals surface area contributed by atoms with E-state index in [2.05, 4.69) is 148 Å². The molecular weight excluding hydrogens is 1980 g/mol. The first-order chi connectivity index (χ1) is 70.7. The van der Waals surface area contributed by atoms with Crippen molar-refractivity contribution < 1.29 is 113 Å². The third-order valence-electron chi connectivity index (χ3n) is 26.7. The van der Waals surface area contributed by atoms with Crippen LogP contribution in [0.2, 0.25) is 0 Å². The topological polar surface area (TPSA) is 475 Å². The Balaban J connectivity index is 0.629. The van der Waals surface area contributed by atoms with Crippen LogP contribution in [0.4, 0.5) is 28.6 Å². The lowest BCUT2D eigenvalue weighted by Crippen LogP contribution is -2.49. The quantitative estimate of drug-likeness (QED) is 0.00862. The van der Waals surface area contributed by atoms with E-state index in [4.69, 9.17) is 33.9 Å². The number of phenolic OH excluding ortho intramolecular Hbond substituents is 1. The van der Waals surface area contributed by atoms with E-state index >= 15 is 4.79 Å². The number of aromatic nitrogens is 6. The number of fused-ring (bicyclic) bond motifs is 7. The molecule has 6 aliphatic rings. The van der Waals surface area contributed by atoms with Crippen molar-refractivity contribution in [1.82, 2.24) is 35.1 Å². The molecule has 5 aromatic heterocycles. The molecule has 0 saturated carbocycles. The van der Waals surface area contributed by atoms with Gasteiger partial charge >= 0.3 is 41.1 Å². The van der Waals surface area contributed by atoms with E-state index in [1.165, 1.54) is 66.6 Å². The van der Waals surface area contributed by atoms with Crippen molar-refractivity contribution in [2.45, 2.75) is 115 Å². The zero-order valence-corrected chi connectivity index (χ0v) is 87.1. The molecule has 3 amide bonds. The van der Waals surface area contributed by atoms with Crippen molar-refractivity contribution in [2.75, 3.05) is 93.9 Å². The Morgan fingerprint density at radius 1 is 0.624 bits per heavy atom. The molecule has 0 radical (unpaired) electrons. The molecule has 5 aliphatic heterocycles. The van der Waals surface area contributed by atoms with Gasteiger partial charge in [0.1, 0.15) is 59.2 Å². The van der Waals surface area contributed by atoms with Crippen LogP contribution < -0.4 is 80.3 Å². The summed E-state index contributed by atoms with van der Waals surface area (Å²) in [7, 11) is -5.11. The Morgan fingerprint density at radius 3 is 1.85 bits per heavy atom. The van der Waals surface area contributed by atoms with Crippen molar-refractivity contribution in [1.29, 1.82) is 0 Å². The van der Waals surface area contributed by atoms with Crippen LogP contribution in [0.3, 0.4) is 0 Å². The highest BCUT2D eigenvalue weighted by atomic mass is 32.2. The molecule has 4 atom stereocenters. The third kappa shape index (κ3) is 20.8. The third-order valence-corrected chi connectivity index (χ3v) is 31.6. The number of hydrogen-bond acceptors (Lipinski definition) is 24. The lowest BCUT2D eigenvalue weighted by Gasteiger charge is -2.43. The molecule has 1 fully saturated rings. The summed E-state index contributed by atoms with van der Waals surface area (Å²) in [5.74, 6) is 2.32. The van der Waals surface area contributed by atoms with Crippen LogP contribution in [-0.4, -0.2) is 165 Å². The van der Waals surface area contributed by atoms with Crippen molar-refractivity contribution in [3.8, 4) is 68.6 Å². The van der Waals surface area contributed by atoms with Gasteiger partial charge in [-0.05, 0) is 174 Å². The largest absolute Gasteiger partial charge is 0.508 e. The van der Waals surface area contributed by atoms with Gasteiger partial charge in [-0.15, -0.1) is 0 Å². The SMILES string of the molecule is CCN1c2cc3c(cc2C(C)=CC1(C)C)C(c1c(C(=O)O)c(-[n+]2ccc(N(C)C)cc2)c(-[n+]2ccc(N(C)C)cc2)c(Sc2ccc(C(=O)NCc4ccc(C(=O)NCc5c6oc7cc(O)ccc7c(-c7cc(C(=O)NCC#Cc8cn(C9CCC(COP(=O)(O)OP(=O)(O)OP(=O)(O)O)O9)c9ncnc(N)c89)ccc7C(=O)O)c-6ccc5=O)cc4)cc2)c1-[n+]1ccc(N(C)C)cc1)=c1cc2c(cc1O3)=[N+](CC)C(C)(C)C=C2C. The molecule has 18 rings (SSSR count). The molecule has 0 spiro atoms. The van der Waals surface area contributed by atoms with Crippen molar-refractivity contribution in [3.63, 3.8) is 0 Å². The number of nitrogen functional groups attached to an aromatic ring is 1. The fourth-order valence-electron chi connectivity index (χ4n) is 19.9. The van der Waals surface area contributed by atoms with E-state index in [1.54, 1.807) is 47.2 Å². The Kier molecular flexibility index (Phi) is 28.3. The van der Waals surface area contributed by atoms with E-state index in [0.29, 0.717) is 89.9 Å². The number of pyridine rings is 3. The van der Waals surface area contributed by atoms with Crippen LogP contribution in [0.5, 0.6) is 17.2 Å².